The number of rotatable bonds is 10. The first kappa shape index (κ1) is 33.1. The summed E-state index contributed by atoms with van der Waals surface area (Å²) in [5, 5.41) is 3.72. The smallest absolute Gasteiger partial charge is 0.0716 e. The van der Waals surface area contributed by atoms with Crippen LogP contribution < -0.4 is 0 Å². The van der Waals surface area contributed by atoms with Crippen molar-refractivity contribution in [3.63, 3.8) is 0 Å². The minimum absolute atomic E-state index is 0.0646. The van der Waals surface area contributed by atoms with Gasteiger partial charge >= 0.3 is 0 Å². The van der Waals surface area contributed by atoms with Gasteiger partial charge in [0.25, 0.3) is 0 Å². The Morgan fingerprint density at radius 2 is 1.08 bits per heavy atom. The van der Waals surface area contributed by atoms with E-state index in [1.807, 2.05) is 0 Å². The number of pyridine rings is 1. The molecular formula is C52H45N. The van der Waals surface area contributed by atoms with Gasteiger partial charge in [-0.1, -0.05) is 166 Å². The van der Waals surface area contributed by atoms with Crippen molar-refractivity contribution in [1.82, 2.24) is 4.98 Å². The fourth-order valence-corrected chi connectivity index (χ4v) is 8.67. The Morgan fingerprint density at radius 1 is 0.415 bits per heavy atom. The molecular weight excluding hydrogens is 639 g/mol. The van der Waals surface area contributed by atoms with Crippen LogP contribution in [0.25, 0.3) is 66.3 Å². The average molecular weight is 684 g/mol. The second-order valence-corrected chi connectivity index (χ2v) is 15.3. The van der Waals surface area contributed by atoms with Crippen LogP contribution in [0.5, 0.6) is 0 Å². The maximum absolute atomic E-state index is 5.37. The highest BCUT2D eigenvalue weighted by Crippen LogP contribution is 2.49. The van der Waals surface area contributed by atoms with Crippen molar-refractivity contribution < 1.29 is 0 Å². The van der Waals surface area contributed by atoms with Crippen molar-refractivity contribution in [3.05, 3.63) is 186 Å². The van der Waals surface area contributed by atoms with Crippen molar-refractivity contribution in [2.75, 3.05) is 0 Å². The minimum Gasteiger partial charge on any atom is -0.248 e. The third-order valence-electron chi connectivity index (χ3n) is 11.6. The van der Waals surface area contributed by atoms with E-state index in [0.717, 1.165) is 23.2 Å². The molecule has 258 valence electrons. The van der Waals surface area contributed by atoms with Gasteiger partial charge in [0.05, 0.1) is 11.2 Å². The molecule has 1 nitrogen and oxygen atoms in total. The molecule has 0 radical (unpaired) electrons. The molecule has 0 spiro atoms. The number of hydrogen-bond donors (Lipinski definition) is 0. The van der Waals surface area contributed by atoms with E-state index in [4.69, 9.17) is 4.98 Å². The van der Waals surface area contributed by atoms with Crippen LogP contribution in [0.15, 0.2) is 164 Å². The van der Waals surface area contributed by atoms with E-state index in [9.17, 15) is 0 Å². The molecule has 0 aliphatic heterocycles. The number of hydrogen-bond acceptors (Lipinski definition) is 1. The van der Waals surface area contributed by atoms with Crippen LogP contribution in [-0.2, 0) is 18.3 Å². The number of nitrogens with zero attached hydrogens (tertiary/aromatic N) is 1. The van der Waals surface area contributed by atoms with E-state index < -0.39 is 0 Å². The summed E-state index contributed by atoms with van der Waals surface area (Å²) in [6.45, 7) is 4.70. The van der Waals surface area contributed by atoms with Crippen molar-refractivity contribution in [3.8, 4) is 44.6 Å². The van der Waals surface area contributed by atoms with Gasteiger partial charge in [-0.3, -0.25) is 0 Å². The number of aryl methyl sites for hydroxylation is 2. The third-order valence-corrected chi connectivity index (χ3v) is 11.6. The lowest BCUT2D eigenvalue weighted by atomic mass is 9.82. The van der Waals surface area contributed by atoms with Gasteiger partial charge in [-0.2, -0.15) is 0 Å². The van der Waals surface area contributed by atoms with Gasteiger partial charge in [0, 0.05) is 16.4 Å². The average Bonchev–Trinajstić information content (AvgIpc) is 3.44. The van der Waals surface area contributed by atoms with Crippen molar-refractivity contribution in [2.24, 2.45) is 0 Å². The van der Waals surface area contributed by atoms with Crippen molar-refractivity contribution >= 4 is 21.7 Å². The molecule has 0 unspecified atom stereocenters. The first-order valence-corrected chi connectivity index (χ1v) is 19.3. The molecule has 1 aliphatic carbocycles. The molecule has 1 aliphatic rings. The summed E-state index contributed by atoms with van der Waals surface area (Å²) in [4.78, 5) is 5.37. The van der Waals surface area contributed by atoms with E-state index in [2.05, 4.69) is 178 Å². The standard InChI is InChI=1S/C52H45N/c1-52(2)48-27-13-12-25-44(48)45-30-28-41(34-49(45)52)51-35-46(39-23-14-20-37(32-39)19-7-4-3-6-16-36-17-8-5-9-18-36)47-33-40(29-31-50(47)53-51)43-26-15-22-38-21-10-11-24-42(38)43/h5,8-15,17-18,20-35H,3-4,6-7,16,19H2,1-2H3. The second kappa shape index (κ2) is 14.0. The highest BCUT2D eigenvalue weighted by Gasteiger charge is 2.35. The Labute approximate surface area is 314 Å². The molecule has 0 amide bonds. The highest BCUT2D eigenvalue weighted by molar-refractivity contribution is 6.03. The minimum atomic E-state index is -0.0646. The Hall–Kier alpha value is -5.79. The number of benzene rings is 7. The summed E-state index contributed by atoms with van der Waals surface area (Å²) in [6.07, 6.45) is 7.25. The lowest BCUT2D eigenvalue weighted by Gasteiger charge is -2.22. The molecule has 53 heavy (non-hydrogen) atoms. The summed E-state index contributed by atoms with van der Waals surface area (Å²) in [5.74, 6) is 0. The summed E-state index contributed by atoms with van der Waals surface area (Å²) in [7, 11) is 0. The van der Waals surface area contributed by atoms with Crippen LogP contribution in [0.2, 0.25) is 0 Å². The fourth-order valence-electron chi connectivity index (χ4n) is 8.67. The molecule has 0 saturated carbocycles. The fraction of sp³-hybridized carbons (Fsp3) is 0.173. The molecule has 7 aromatic carbocycles. The molecule has 1 heterocycles. The van der Waals surface area contributed by atoms with Gasteiger partial charge in [0.2, 0.25) is 0 Å². The molecule has 1 aromatic heterocycles. The van der Waals surface area contributed by atoms with Gasteiger partial charge in [0.1, 0.15) is 0 Å². The Bertz CT molecular complexity index is 2590. The van der Waals surface area contributed by atoms with E-state index in [-0.39, 0.29) is 5.41 Å². The third kappa shape index (κ3) is 6.36. The van der Waals surface area contributed by atoms with E-state index in [0.29, 0.717) is 0 Å². The van der Waals surface area contributed by atoms with E-state index >= 15 is 0 Å². The largest absolute Gasteiger partial charge is 0.248 e. The summed E-state index contributed by atoms with van der Waals surface area (Å²) in [5.41, 5.74) is 16.4. The van der Waals surface area contributed by atoms with Gasteiger partial charge in [-0.05, 0) is 116 Å². The molecule has 0 saturated heterocycles. The quantitative estimate of drug-likeness (QED) is 0.131. The maximum atomic E-state index is 5.37. The number of aromatic nitrogens is 1. The lowest BCUT2D eigenvalue weighted by Crippen LogP contribution is -2.14. The van der Waals surface area contributed by atoms with Gasteiger partial charge in [-0.25, -0.2) is 4.98 Å². The Kier molecular flexibility index (Phi) is 8.72. The topological polar surface area (TPSA) is 12.9 Å². The maximum Gasteiger partial charge on any atom is 0.0716 e. The molecule has 8 aromatic rings. The molecule has 0 atom stereocenters. The van der Waals surface area contributed by atoms with E-state index in [1.54, 1.807) is 0 Å². The van der Waals surface area contributed by atoms with E-state index in [1.165, 1.54) is 104 Å². The second-order valence-electron chi connectivity index (χ2n) is 15.3. The molecule has 0 bridgehead atoms. The summed E-state index contributed by atoms with van der Waals surface area (Å²) < 4.78 is 0. The van der Waals surface area contributed by atoms with Gasteiger partial charge in [0.15, 0.2) is 0 Å². The number of unbranched alkanes of at least 4 members (excludes halogenated alkanes) is 3. The highest BCUT2D eigenvalue weighted by atomic mass is 14.7. The van der Waals surface area contributed by atoms with Crippen molar-refractivity contribution in [1.29, 1.82) is 0 Å². The normalized spacial score (nSPS) is 12.9. The molecule has 0 fully saturated rings. The summed E-state index contributed by atoms with van der Waals surface area (Å²) >= 11 is 0. The van der Waals surface area contributed by atoms with Gasteiger partial charge in [-0.15, -0.1) is 0 Å². The van der Waals surface area contributed by atoms with Crippen LogP contribution in [0.3, 0.4) is 0 Å². The zero-order valence-corrected chi connectivity index (χ0v) is 30.8. The predicted octanol–water partition coefficient (Wildman–Crippen LogP) is 14.0. The number of fused-ring (bicyclic) bond motifs is 5. The van der Waals surface area contributed by atoms with Crippen LogP contribution in [0.1, 0.15) is 61.8 Å². The Morgan fingerprint density at radius 3 is 1.96 bits per heavy atom. The van der Waals surface area contributed by atoms with Crippen LogP contribution in [0.4, 0.5) is 0 Å². The first-order valence-electron chi connectivity index (χ1n) is 19.3. The zero-order chi connectivity index (χ0) is 35.8. The van der Waals surface area contributed by atoms with Crippen LogP contribution in [0, 0.1) is 0 Å². The Balaban J connectivity index is 1.08. The van der Waals surface area contributed by atoms with Crippen LogP contribution in [-0.4, -0.2) is 4.98 Å². The first-order chi connectivity index (χ1) is 26.0. The molecule has 1 heteroatoms. The van der Waals surface area contributed by atoms with Gasteiger partial charge < -0.3 is 0 Å². The lowest BCUT2D eigenvalue weighted by molar-refractivity contribution is 0.640. The molecule has 9 rings (SSSR count). The predicted molar refractivity (Wildman–Crippen MR) is 225 cm³/mol. The SMILES string of the molecule is CC1(C)c2ccccc2-c2ccc(-c3cc(-c4cccc(CCCCCCc5ccccc5)c4)c4cc(-c5cccc6ccccc56)ccc4n3)cc21. The zero-order valence-electron chi connectivity index (χ0n) is 30.8. The monoisotopic (exact) mass is 683 g/mol. The van der Waals surface area contributed by atoms with Crippen LogP contribution >= 0.6 is 0 Å². The molecule has 0 N–H and O–H groups in total. The van der Waals surface area contributed by atoms with Crippen molar-refractivity contribution in [2.45, 2.75) is 57.8 Å². The summed E-state index contributed by atoms with van der Waals surface area (Å²) in [6, 6.07) is 60.5.